The molecular formula is C13H24N2O3. The number of carbonyl (C=O) groups is 1. The van der Waals surface area contributed by atoms with E-state index in [0.717, 1.165) is 32.5 Å². The summed E-state index contributed by atoms with van der Waals surface area (Å²) in [4.78, 5) is 14.1. The van der Waals surface area contributed by atoms with Gasteiger partial charge in [-0.2, -0.15) is 0 Å². The molecule has 2 aliphatic rings. The molecule has 0 amide bonds. The number of hydrogen-bond donors (Lipinski definition) is 1. The zero-order chi connectivity index (χ0) is 13.0. The molecule has 5 nitrogen and oxygen atoms in total. The van der Waals surface area contributed by atoms with Gasteiger partial charge in [-0.05, 0) is 26.7 Å². The van der Waals surface area contributed by atoms with Crippen LogP contribution in [0.1, 0.15) is 26.7 Å². The van der Waals surface area contributed by atoms with E-state index in [2.05, 4.69) is 17.1 Å². The largest absolute Gasteiger partial charge is 0.465 e. The normalized spacial score (nSPS) is 33.6. The number of piperazine rings is 1. The molecule has 2 rings (SSSR count). The van der Waals surface area contributed by atoms with Gasteiger partial charge >= 0.3 is 5.97 Å². The minimum absolute atomic E-state index is 0.115. The van der Waals surface area contributed by atoms with Crippen molar-refractivity contribution in [2.24, 2.45) is 0 Å². The molecule has 3 atom stereocenters. The summed E-state index contributed by atoms with van der Waals surface area (Å²) in [5.41, 5.74) is 0. The second-order valence-electron chi connectivity index (χ2n) is 5.11. The van der Waals surface area contributed by atoms with Crippen molar-refractivity contribution >= 4 is 5.97 Å². The Balaban J connectivity index is 1.89. The van der Waals surface area contributed by atoms with Crippen LogP contribution in [0, 0.1) is 0 Å². The fourth-order valence-corrected chi connectivity index (χ4v) is 2.72. The fourth-order valence-electron chi connectivity index (χ4n) is 2.72. The zero-order valence-corrected chi connectivity index (χ0v) is 11.4. The van der Waals surface area contributed by atoms with Crippen LogP contribution in [0.25, 0.3) is 0 Å². The molecule has 0 aliphatic carbocycles. The van der Waals surface area contributed by atoms with E-state index in [1.807, 2.05) is 6.92 Å². The van der Waals surface area contributed by atoms with E-state index in [9.17, 15) is 4.79 Å². The van der Waals surface area contributed by atoms with Crippen LogP contribution in [0.2, 0.25) is 0 Å². The highest BCUT2D eigenvalue weighted by Gasteiger charge is 2.33. The SMILES string of the molecule is CCOC(=O)C1CNCCN1CC1CCC(C)O1. The van der Waals surface area contributed by atoms with Crippen molar-refractivity contribution in [2.75, 3.05) is 32.8 Å². The predicted molar refractivity (Wildman–Crippen MR) is 68.4 cm³/mol. The predicted octanol–water partition coefficient (Wildman–Crippen LogP) is 0.391. The van der Waals surface area contributed by atoms with Crippen molar-refractivity contribution < 1.29 is 14.3 Å². The van der Waals surface area contributed by atoms with Crippen molar-refractivity contribution in [2.45, 2.75) is 44.9 Å². The molecule has 2 heterocycles. The highest BCUT2D eigenvalue weighted by Crippen LogP contribution is 2.21. The topological polar surface area (TPSA) is 50.8 Å². The first-order chi connectivity index (χ1) is 8.70. The average molecular weight is 256 g/mol. The molecular weight excluding hydrogens is 232 g/mol. The van der Waals surface area contributed by atoms with Gasteiger partial charge in [0.05, 0.1) is 18.8 Å². The lowest BCUT2D eigenvalue weighted by Gasteiger charge is -2.35. The number of nitrogens with zero attached hydrogens (tertiary/aromatic N) is 1. The first-order valence-electron chi connectivity index (χ1n) is 6.97. The average Bonchev–Trinajstić information content (AvgIpc) is 2.76. The van der Waals surface area contributed by atoms with Gasteiger partial charge in [0.2, 0.25) is 0 Å². The van der Waals surface area contributed by atoms with Crippen molar-refractivity contribution in [1.29, 1.82) is 0 Å². The third-order valence-electron chi connectivity index (χ3n) is 3.67. The van der Waals surface area contributed by atoms with Crippen molar-refractivity contribution in [3.8, 4) is 0 Å². The van der Waals surface area contributed by atoms with E-state index in [0.29, 0.717) is 19.3 Å². The maximum atomic E-state index is 11.9. The van der Waals surface area contributed by atoms with Crippen LogP contribution in [0.5, 0.6) is 0 Å². The molecule has 104 valence electrons. The van der Waals surface area contributed by atoms with Crippen molar-refractivity contribution in [3.05, 3.63) is 0 Å². The Morgan fingerprint density at radius 1 is 1.50 bits per heavy atom. The van der Waals surface area contributed by atoms with Crippen molar-refractivity contribution in [3.63, 3.8) is 0 Å². The van der Waals surface area contributed by atoms with Crippen molar-refractivity contribution in [1.82, 2.24) is 10.2 Å². The number of nitrogens with one attached hydrogen (secondary N) is 1. The third-order valence-corrected chi connectivity index (χ3v) is 3.67. The van der Waals surface area contributed by atoms with Gasteiger partial charge < -0.3 is 14.8 Å². The molecule has 18 heavy (non-hydrogen) atoms. The van der Waals surface area contributed by atoms with Gasteiger partial charge in [-0.3, -0.25) is 9.69 Å². The van der Waals surface area contributed by atoms with Gasteiger partial charge in [-0.25, -0.2) is 0 Å². The molecule has 0 radical (unpaired) electrons. The van der Waals surface area contributed by atoms with Crippen LogP contribution in [0.4, 0.5) is 0 Å². The number of ether oxygens (including phenoxy) is 2. The monoisotopic (exact) mass is 256 g/mol. The van der Waals surface area contributed by atoms with E-state index in [1.54, 1.807) is 0 Å². The van der Waals surface area contributed by atoms with Crippen LogP contribution in [0.15, 0.2) is 0 Å². The Kier molecular flexibility index (Phi) is 4.97. The summed E-state index contributed by atoms with van der Waals surface area (Å²) in [6, 6.07) is -0.154. The van der Waals surface area contributed by atoms with Gasteiger partial charge in [-0.15, -0.1) is 0 Å². The minimum atomic E-state index is -0.154. The molecule has 2 saturated heterocycles. The van der Waals surface area contributed by atoms with E-state index < -0.39 is 0 Å². The summed E-state index contributed by atoms with van der Waals surface area (Å²) in [7, 11) is 0. The van der Waals surface area contributed by atoms with Gasteiger partial charge in [-0.1, -0.05) is 0 Å². The molecule has 2 fully saturated rings. The standard InChI is InChI=1S/C13H24N2O3/c1-3-17-13(16)12-8-14-6-7-15(12)9-11-5-4-10(2)18-11/h10-12,14H,3-9H2,1-2H3. The summed E-state index contributed by atoms with van der Waals surface area (Å²) >= 11 is 0. The number of rotatable bonds is 4. The quantitative estimate of drug-likeness (QED) is 0.738. The molecule has 1 N–H and O–H groups in total. The molecule has 2 aliphatic heterocycles. The van der Waals surface area contributed by atoms with Gasteiger partial charge in [0.15, 0.2) is 0 Å². The van der Waals surface area contributed by atoms with E-state index in [-0.39, 0.29) is 18.1 Å². The molecule has 3 unspecified atom stereocenters. The Labute approximate surface area is 109 Å². The summed E-state index contributed by atoms with van der Waals surface area (Å²) < 4.78 is 11.0. The van der Waals surface area contributed by atoms with E-state index >= 15 is 0 Å². The molecule has 0 bridgehead atoms. The molecule has 5 heteroatoms. The fraction of sp³-hybridized carbons (Fsp3) is 0.923. The second-order valence-corrected chi connectivity index (χ2v) is 5.11. The Bertz CT molecular complexity index is 285. The summed E-state index contributed by atoms with van der Waals surface area (Å²) in [6.45, 7) is 7.74. The summed E-state index contributed by atoms with van der Waals surface area (Å²) in [6.07, 6.45) is 2.86. The Morgan fingerprint density at radius 2 is 2.33 bits per heavy atom. The van der Waals surface area contributed by atoms with Crippen LogP contribution >= 0.6 is 0 Å². The maximum absolute atomic E-state index is 11.9. The van der Waals surface area contributed by atoms with Gasteiger partial charge in [0, 0.05) is 26.2 Å². The summed E-state index contributed by atoms with van der Waals surface area (Å²) in [5, 5.41) is 3.25. The van der Waals surface area contributed by atoms with Crippen LogP contribution in [-0.2, 0) is 14.3 Å². The Morgan fingerprint density at radius 3 is 3.00 bits per heavy atom. The lowest BCUT2D eigenvalue weighted by Crippen LogP contribution is -2.57. The molecule has 0 aromatic carbocycles. The second kappa shape index (κ2) is 6.50. The lowest BCUT2D eigenvalue weighted by atomic mass is 10.1. The van der Waals surface area contributed by atoms with Gasteiger partial charge in [0.25, 0.3) is 0 Å². The highest BCUT2D eigenvalue weighted by atomic mass is 16.5. The lowest BCUT2D eigenvalue weighted by molar-refractivity contribution is -0.150. The highest BCUT2D eigenvalue weighted by molar-refractivity contribution is 5.76. The van der Waals surface area contributed by atoms with E-state index in [4.69, 9.17) is 9.47 Å². The van der Waals surface area contributed by atoms with E-state index in [1.165, 1.54) is 0 Å². The van der Waals surface area contributed by atoms with Crippen LogP contribution in [0.3, 0.4) is 0 Å². The smallest absolute Gasteiger partial charge is 0.324 e. The molecule has 0 saturated carbocycles. The van der Waals surface area contributed by atoms with Crippen LogP contribution < -0.4 is 5.32 Å². The number of carbonyl (C=O) groups excluding carboxylic acids is 1. The zero-order valence-electron chi connectivity index (χ0n) is 11.4. The number of hydrogen-bond acceptors (Lipinski definition) is 5. The molecule has 0 aromatic rings. The number of esters is 1. The first kappa shape index (κ1) is 13.8. The summed E-state index contributed by atoms with van der Waals surface area (Å²) in [5.74, 6) is -0.115. The van der Waals surface area contributed by atoms with Gasteiger partial charge in [0.1, 0.15) is 6.04 Å². The van der Waals surface area contributed by atoms with Crippen LogP contribution in [-0.4, -0.2) is 61.9 Å². The Hall–Kier alpha value is -0.650. The first-order valence-corrected chi connectivity index (χ1v) is 6.97. The molecule has 0 aromatic heterocycles. The molecule has 0 spiro atoms. The minimum Gasteiger partial charge on any atom is -0.465 e. The maximum Gasteiger partial charge on any atom is 0.324 e. The third kappa shape index (κ3) is 3.43.